The van der Waals surface area contributed by atoms with Gasteiger partial charge in [0, 0.05) is 25.1 Å². The van der Waals surface area contributed by atoms with E-state index in [1.807, 2.05) is 38.1 Å². The Balaban J connectivity index is 1.88. The van der Waals surface area contributed by atoms with Crippen LogP contribution in [0.15, 0.2) is 29.1 Å². The van der Waals surface area contributed by atoms with Crippen molar-refractivity contribution < 1.29 is 9.53 Å². The number of aromatic amines is 1. The van der Waals surface area contributed by atoms with Gasteiger partial charge < -0.3 is 14.6 Å². The zero-order valence-electron chi connectivity index (χ0n) is 14.3. The number of H-pyrrole nitrogens is 1. The summed E-state index contributed by atoms with van der Waals surface area (Å²) in [5.74, 6) is 0.0502. The molecular formula is C19H24N2O3. The summed E-state index contributed by atoms with van der Waals surface area (Å²) in [4.78, 5) is 29.4. The molecule has 0 bridgehead atoms. The number of nitrogens with zero attached hydrogens (tertiary/aromatic N) is 1. The van der Waals surface area contributed by atoms with Crippen molar-refractivity contribution in [3.63, 3.8) is 0 Å². The van der Waals surface area contributed by atoms with E-state index < -0.39 is 0 Å². The summed E-state index contributed by atoms with van der Waals surface area (Å²) in [5.41, 5.74) is 2.39. The number of carbonyl (C=O) groups excluding carboxylic acids is 1. The summed E-state index contributed by atoms with van der Waals surface area (Å²) < 4.78 is 5.65. The Hall–Kier alpha value is -2.14. The van der Waals surface area contributed by atoms with E-state index in [0.717, 1.165) is 35.9 Å². The first-order chi connectivity index (χ1) is 11.6. The van der Waals surface area contributed by atoms with Crippen molar-refractivity contribution in [1.29, 1.82) is 0 Å². The summed E-state index contributed by atoms with van der Waals surface area (Å²) in [6.07, 6.45) is 2.52. The van der Waals surface area contributed by atoms with Gasteiger partial charge in [0.2, 0.25) is 5.91 Å². The van der Waals surface area contributed by atoms with Crippen LogP contribution in [0.5, 0.6) is 0 Å². The molecule has 1 aromatic carbocycles. The van der Waals surface area contributed by atoms with Gasteiger partial charge >= 0.3 is 0 Å². The van der Waals surface area contributed by atoms with E-state index in [1.165, 1.54) is 0 Å². The summed E-state index contributed by atoms with van der Waals surface area (Å²) >= 11 is 0. The Morgan fingerprint density at radius 3 is 2.96 bits per heavy atom. The molecule has 128 valence electrons. The van der Waals surface area contributed by atoms with E-state index >= 15 is 0 Å². The standard InChI is InChI=1S/C19H24N2O3/c1-3-17(22)21(12-16-8-5-9-24-16)11-15-10-14-7-4-6-13(2)18(14)20-19(15)23/h4,6-7,10,16H,3,5,8-9,11-12H2,1-2H3,(H,20,23). The Labute approximate surface area is 141 Å². The summed E-state index contributed by atoms with van der Waals surface area (Å²) in [6.45, 7) is 5.46. The molecule has 1 aromatic heterocycles. The molecule has 1 fully saturated rings. The number of hydrogen-bond acceptors (Lipinski definition) is 3. The maximum atomic E-state index is 12.4. The third kappa shape index (κ3) is 3.51. The average Bonchev–Trinajstić information content (AvgIpc) is 3.08. The molecule has 5 heteroatoms. The van der Waals surface area contributed by atoms with E-state index in [2.05, 4.69) is 4.98 Å². The number of aryl methyl sites for hydroxylation is 1. The second-order valence-corrected chi connectivity index (χ2v) is 6.43. The Bertz CT molecular complexity index is 791. The molecule has 1 saturated heterocycles. The number of benzene rings is 1. The Kier molecular flexibility index (Phi) is 5.00. The third-order valence-corrected chi connectivity index (χ3v) is 4.63. The molecule has 0 saturated carbocycles. The van der Waals surface area contributed by atoms with E-state index in [4.69, 9.17) is 4.74 Å². The molecule has 0 spiro atoms. The Morgan fingerprint density at radius 1 is 1.42 bits per heavy atom. The van der Waals surface area contributed by atoms with Gasteiger partial charge in [0.15, 0.2) is 0 Å². The van der Waals surface area contributed by atoms with E-state index in [9.17, 15) is 9.59 Å². The van der Waals surface area contributed by atoms with Gasteiger partial charge in [-0.05, 0) is 36.8 Å². The summed E-state index contributed by atoms with van der Waals surface area (Å²) in [5, 5.41) is 0.991. The highest BCUT2D eigenvalue weighted by Crippen LogP contribution is 2.18. The van der Waals surface area contributed by atoms with Crippen molar-refractivity contribution in [3.05, 3.63) is 45.7 Å². The van der Waals surface area contributed by atoms with Crippen LogP contribution in [-0.2, 0) is 16.1 Å². The number of pyridine rings is 1. The molecular weight excluding hydrogens is 304 g/mol. The zero-order valence-corrected chi connectivity index (χ0v) is 14.3. The van der Waals surface area contributed by atoms with Crippen LogP contribution in [0.3, 0.4) is 0 Å². The third-order valence-electron chi connectivity index (χ3n) is 4.63. The average molecular weight is 328 g/mol. The first-order valence-electron chi connectivity index (χ1n) is 8.59. The number of fused-ring (bicyclic) bond motifs is 1. The van der Waals surface area contributed by atoms with Crippen LogP contribution < -0.4 is 5.56 Å². The number of ether oxygens (including phenoxy) is 1. The number of amides is 1. The van der Waals surface area contributed by atoms with Crippen molar-refractivity contribution >= 4 is 16.8 Å². The molecule has 5 nitrogen and oxygen atoms in total. The minimum Gasteiger partial charge on any atom is -0.376 e. The normalized spacial score (nSPS) is 17.3. The molecule has 24 heavy (non-hydrogen) atoms. The van der Waals surface area contributed by atoms with Crippen molar-refractivity contribution in [2.45, 2.75) is 45.8 Å². The molecule has 3 rings (SSSR count). The monoisotopic (exact) mass is 328 g/mol. The van der Waals surface area contributed by atoms with E-state index in [-0.39, 0.29) is 17.6 Å². The smallest absolute Gasteiger partial charge is 0.253 e. The Morgan fingerprint density at radius 2 is 2.25 bits per heavy atom. The van der Waals surface area contributed by atoms with Crippen molar-refractivity contribution in [3.8, 4) is 0 Å². The highest BCUT2D eigenvalue weighted by molar-refractivity contribution is 5.82. The maximum absolute atomic E-state index is 12.4. The van der Waals surface area contributed by atoms with Gasteiger partial charge in [-0.1, -0.05) is 25.1 Å². The fourth-order valence-electron chi connectivity index (χ4n) is 3.26. The lowest BCUT2D eigenvalue weighted by Gasteiger charge is -2.25. The molecule has 1 aliphatic rings. The lowest BCUT2D eigenvalue weighted by atomic mass is 10.1. The van der Waals surface area contributed by atoms with Crippen LogP contribution in [0.1, 0.15) is 37.3 Å². The lowest BCUT2D eigenvalue weighted by molar-refractivity contribution is -0.133. The number of para-hydroxylation sites is 1. The molecule has 1 aliphatic heterocycles. The highest BCUT2D eigenvalue weighted by atomic mass is 16.5. The van der Waals surface area contributed by atoms with Gasteiger partial charge in [-0.2, -0.15) is 0 Å². The lowest BCUT2D eigenvalue weighted by Crippen LogP contribution is -2.37. The van der Waals surface area contributed by atoms with Crippen molar-refractivity contribution in [2.24, 2.45) is 0 Å². The van der Waals surface area contributed by atoms with Crippen LogP contribution >= 0.6 is 0 Å². The van der Waals surface area contributed by atoms with Crippen LogP contribution in [0.2, 0.25) is 0 Å². The van der Waals surface area contributed by atoms with Crippen LogP contribution in [0.4, 0.5) is 0 Å². The van der Waals surface area contributed by atoms with Gasteiger partial charge in [-0.15, -0.1) is 0 Å². The van der Waals surface area contributed by atoms with Gasteiger partial charge in [0.05, 0.1) is 18.2 Å². The molecule has 2 heterocycles. The number of aromatic nitrogens is 1. The predicted octanol–water partition coefficient (Wildman–Crippen LogP) is 2.75. The predicted molar refractivity (Wildman–Crippen MR) is 94.0 cm³/mol. The molecule has 1 amide bonds. The zero-order chi connectivity index (χ0) is 17.1. The fourth-order valence-corrected chi connectivity index (χ4v) is 3.26. The number of carbonyl (C=O) groups is 1. The highest BCUT2D eigenvalue weighted by Gasteiger charge is 2.22. The minimum atomic E-state index is -0.127. The molecule has 1 N–H and O–H groups in total. The quantitative estimate of drug-likeness (QED) is 0.918. The van der Waals surface area contributed by atoms with Crippen LogP contribution in [0.25, 0.3) is 10.9 Å². The summed E-state index contributed by atoms with van der Waals surface area (Å²) in [7, 11) is 0. The number of hydrogen-bond donors (Lipinski definition) is 1. The second-order valence-electron chi connectivity index (χ2n) is 6.43. The van der Waals surface area contributed by atoms with Gasteiger partial charge in [0.25, 0.3) is 5.56 Å². The van der Waals surface area contributed by atoms with E-state index in [0.29, 0.717) is 25.1 Å². The molecule has 1 unspecified atom stereocenters. The maximum Gasteiger partial charge on any atom is 0.253 e. The van der Waals surface area contributed by atoms with E-state index in [1.54, 1.807) is 4.90 Å². The molecule has 0 radical (unpaired) electrons. The SMILES string of the molecule is CCC(=O)N(Cc1cc2cccc(C)c2[nH]c1=O)CC1CCCO1. The van der Waals surface area contributed by atoms with Crippen molar-refractivity contribution in [2.75, 3.05) is 13.2 Å². The van der Waals surface area contributed by atoms with Gasteiger partial charge in [-0.25, -0.2) is 0 Å². The summed E-state index contributed by atoms with van der Waals surface area (Å²) in [6, 6.07) is 7.82. The largest absolute Gasteiger partial charge is 0.376 e. The molecule has 1 atom stereocenters. The first-order valence-corrected chi connectivity index (χ1v) is 8.59. The minimum absolute atomic E-state index is 0.0502. The van der Waals surface area contributed by atoms with Crippen molar-refractivity contribution in [1.82, 2.24) is 9.88 Å². The number of rotatable bonds is 5. The second kappa shape index (κ2) is 7.18. The molecule has 2 aromatic rings. The topological polar surface area (TPSA) is 62.4 Å². The fraction of sp³-hybridized carbons (Fsp3) is 0.474. The molecule has 0 aliphatic carbocycles. The van der Waals surface area contributed by atoms with Crippen LogP contribution in [0, 0.1) is 6.92 Å². The van der Waals surface area contributed by atoms with Crippen LogP contribution in [-0.4, -0.2) is 35.0 Å². The van der Waals surface area contributed by atoms with Gasteiger partial charge in [-0.3, -0.25) is 9.59 Å². The first kappa shape index (κ1) is 16.7. The number of nitrogens with one attached hydrogen (secondary N) is 1. The van der Waals surface area contributed by atoms with Gasteiger partial charge in [0.1, 0.15) is 0 Å².